The predicted molar refractivity (Wildman–Crippen MR) is 106 cm³/mol. The number of para-hydroxylation sites is 1. The third-order valence-electron chi connectivity index (χ3n) is 6.26. The molecule has 0 saturated carbocycles. The van der Waals surface area contributed by atoms with Gasteiger partial charge in [-0.25, -0.2) is 0 Å². The summed E-state index contributed by atoms with van der Waals surface area (Å²) < 4.78 is 0. The molecule has 1 spiro atoms. The summed E-state index contributed by atoms with van der Waals surface area (Å²) in [5.41, 5.74) is 5.01. The standard InChI is InChI=1S/C23H25NO2/c1-22(2)19-10-5-6-11-20(19)24(15-7-12-21(25)26)23(22)14-13-17-8-3-4-9-18(17)16-23/h3-6,8-11,13-14H,7,12,15-16H2,1-2H3,(H,25,26). The summed E-state index contributed by atoms with van der Waals surface area (Å²) in [6.07, 6.45) is 6.40. The first-order valence-electron chi connectivity index (χ1n) is 9.32. The fourth-order valence-electron chi connectivity index (χ4n) is 4.78. The van der Waals surface area contributed by atoms with E-state index in [1.54, 1.807) is 0 Å². The van der Waals surface area contributed by atoms with Gasteiger partial charge in [-0.05, 0) is 29.2 Å². The molecule has 134 valence electrons. The van der Waals surface area contributed by atoms with Crippen LogP contribution in [-0.4, -0.2) is 23.2 Å². The third-order valence-corrected chi connectivity index (χ3v) is 6.26. The van der Waals surface area contributed by atoms with Crippen molar-refractivity contribution in [3.63, 3.8) is 0 Å². The van der Waals surface area contributed by atoms with E-state index >= 15 is 0 Å². The molecule has 1 aliphatic heterocycles. The van der Waals surface area contributed by atoms with Crippen molar-refractivity contribution in [3.05, 3.63) is 71.3 Å². The summed E-state index contributed by atoms with van der Waals surface area (Å²) in [5.74, 6) is -0.727. The van der Waals surface area contributed by atoms with Crippen LogP contribution in [0.25, 0.3) is 6.08 Å². The SMILES string of the molecule is CC1(C)c2ccccc2N(CCCC(=O)O)C12C=Cc1ccccc1C2. The number of carboxylic acids is 1. The summed E-state index contributed by atoms with van der Waals surface area (Å²) in [5, 5.41) is 9.08. The Bertz CT molecular complexity index is 883. The fraction of sp³-hybridized carbons (Fsp3) is 0.348. The fourth-order valence-corrected chi connectivity index (χ4v) is 4.78. The van der Waals surface area contributed by atoms with Gasteiger partial charge in [-0.2, -0.15) is 0 Å². The summed E-state index contributed by atoms with van der Waals surface area (Å²) in [4.78, 5) is 13.5. The molecule has 1 aliphatic carbocycles. The van der Waals surface area contributed by atoms with Crippen molar-refractivity contribution in [1.29, 1.82) is 0 Å². The lowest BCUT2D eigenvalue weighted by molar-refractivity contribution is -0.137. The van der Waals surface area contributed by atoms with Gasteiger partial charge in [-0.1, -0.05) is 68.5 Å². The van der Waals surface area contributed by atoms with Crippen LogP contribution in [0.4, 0.5) is 5.69 Å². The van der Waals surface area contributed by atoms with Gasteiger partial charge < -0.3 is 10.0 Å². The quantitative estimate of drug-likeness (QED) is 0.875. The Labute approximate surface area is 155 Å². The largest absolute Gasteiger partial charge is 0.481 e. The summed E-state index contributed by atoms with van der Waals surface area (Å²) in [6, 6.07) is 17.2. The van der Waals surface area contributed by atoms with Gasteiger partial charge in [0.2, 0.25) is 0 Å². The third kappa shape index (κ3) is 2.38. The first kappa shape index (κ1) is 16.9. The van der Waals surface area contributed by atoms with Crippen molar-refractivity contribution >= 4 is 17.7 Å². The normalized spacial score (nSPS) is 22.3. The molecule has 1 atom stereocenters. The Balaban J connectivity index is 1.80. The number of carboxylic acid groups (broad SMARTS) is 1. The Hall–Kier alpha value is -2.55. The molecule has 0 aromatic heterocycles. The van der Waals surface area contributed by atoms with Gasteiger partial charge >= 0.3 is 5.97 Å². The van der Waals surface area contributed by atoms with Crippen LogP contribution < -0.4 is 4.90 Å². The number of hydrogen-bond acceptors (Lipinski definition) is 2. The molecule has 0 radical (unpaired) electrons. The number of fused-ring (bicyclic) bond motifs is 2. The van der Waals surface area contributed by atoms with E-state index in [1.807, 2.05) is 0 Å². The molecule has 3 nitrogen and oxygen atoms in total. The zero-order valence-corrected chi connectivity index (χ0v) is 15.4. The van der Waals surface area contributed by atoms with Crippen molar-refractivity contribution in [2.75, 3.05) is 11.4 Å². The summed E-state index contributed by atoms with van der Waals surface area (Å²) >= 11 is 0. The molecule has 2 aliphatic rings. The second-order valence-corrected chi connectivity index (χ2v) is 7.92. The number of carbonyl (C=O) groups is 1. The molecule has 0 amide bonds. The topological polar surface area (TPSA) is 40.5 Å². The maximum Gasteiger partial charge on any atom is 0.303 e. The molecule has 0 bridgehead atoms. The van der Waals surface area contributed by atoms with E-state index in [1.165, 1.54) is 22.4 Å². The van der Waals surface area contributed by atoms with Gasteiger partial charge in [0.15, 0.2) is 0 Å². The van der Waals surface area contributed by atoms with Crippen molar-refractivity contribution in [2.24, 2.45) is 0 Å². The molecule has 1 unspecified atom stereocenters. The van der Waals surface area contributed by atoms with Gasteiger partial charge in [0.1, 0.15) is 0 Å². The number of nitrogens with zero attached hydrogens (tertiary/aromatic N) is 1. The van der Waals surface area contributed by atoms with Crippen LogP contribution in [0.5, 0.6) is 0 Å². The molecule has 3 heteroatoms. The highest BCUT2D eigenvalue weighted by Crippen LogP contribution is 2.55. The first-order valence-corrected chi connectivity index (χ1v) is 9.32. The van der Waals surface area contributed by atoms with Crippen LogP contribution in [0.2, 0.25) is 0 Å². The summed E-state index contributed by atoms with van der Waals surface area (Å²) in [6.45, 7) is 5.39. The lowest BCUT2D eigenvalue weighted by atomic mass is 9.65. The van der Waals surface area contributed by atoms with E-state index in [9.17, 15) is 4.79 Å². The Morgan fingerprint density at radius 2 is 1.85 bits per heavy atom. The molecule has 4 rings (SSSR count). The molecule has 0 fully saturated rings. The highest BCUT2D eigenvalue weighted by molar-refractivity contribution is 5.73. The molecular weight excluding hydrogens is 322 g/mol. The number of benzene rings is 2. The highest BCUT2D eigenvalue weighted by Gasteiger charge is 2.55. The Morgan fingerprint density at radius 1 is 1.12 bits per heavy atom. The molecule has 2 aromatic carbocycles. The zero-order chi connectivity index (χ0) is 18.4. The number of hydrogen-bond donors (Lipinski definition) is 1. The predicted octanol–water partition coefficient (Wildman–Crippen LogP) is 4.66. The second kappa shape index (κ2) is 6.01. The maximum atomic E-state index is 11.0. The maximum absolute atomic E-state index is 11.0. The lowest BCUT2D eigenvalue weighted by Gasteiger charge is -2.48. The Morgan fingerprint density at radius 3 is 2.65 bits per heavy atom. The minimum Gasteiger partial charge on any atom is -0.481 e. The van der Waals surface area contributed by atoms with E-state index < -0.39 is 5.97 Å². The highest BCUT2D eigenvalue weighted by atomic mass is 16.4. The van der Waals surface area contributed by atoms with Crippen molar-refractivity contribution in [3.8, 4) is 0 Å². The van der Waals surface area contributed by atoms with E-state index in [4.69, 9.17) is 5.11 Å². The average molecular weight is 347 g/mol. The van der Waals surface area contributed by atoms with Crippen LogP contribution in [-0.2, 0) is 16.6 Å². The zero-order valence-electron chi connectivity index (χ0n) is 15.4. The van der Waals surface area contributed by atoms with Gasteiger partial charge in [-0.3, -0.25) is 4.79 Å². The number of rotatable bonds is 4. The lowest BCUT2D eigenvalue weighted by Crippen LogP contribution is -2.57. The molecule has 1 N–H and O–H groups in total. The minimum atomic E-state index is -0.727. The van der Waals surface area contributed by atoms with E-state index in [0.29, 0.717) is 6.42 Å². The van der Waals surface area contributed by atoms with E-state index in [-0.39, 0.29) is 17.4 Å². The molecule has 0 saturated heterocycles. The van der Waals surface area contributed by atoms with E-state index in [2.05, 4.69) is 79.4 Å². The molecule has 2 aromatic rings. The number of aliphatic carboxylic acids is 1. The first-order chi connectivity index (χ1) is 12.5. The van der Waals surface area contributed by atoms with E-state index in [0.717, 1.165) is 13.0 Å². The summed E-state index contributed by atoms with van der Waals surface area (Å²) in [7, 11) is 0. The van der Waals surface area contributed by atoms with Crippen LogP contribution >= 0.6 is 0 Å². The molecule has 1 heterocycles. The van der Waals surface area contributed by atoms with Crippen LogP contribution in [0.1, 0.15) is 43.4 Å². The average Bonchev–Trinajstić information content (AvgIpc) is 2.80. The molecular formula is C23H25NO2. The van der Waals surface area contributed by atoms with Crippen LogP contribution in [0, 0.1) is 0 Å². The number of anilines is 1. The van der Waals surface area contributed by atoms with Crippen molar-refractivity contribution in [2.45, 2.75) is 44.1 Å². The Kier molecular flexibility index (Phi) is 3.91. The minimum absolute atomic E-state index is 0.0587. The van der Waals surface area contributed by atoms with Crippen molar-refractivity contribution in [1.82, 2.24) is 0 Å². The van der Waals surface area contributed by atoms with Gasteiger partial charge in [0.05, 0.1) is 5.54 Å². The van der Waals surface area contributed by atoms with Crippen molar-refractivity contribution < 1.29 is 9.90 Å². The second-order valence-electron chi connectivity index (χ2n) is 7.92. The van der Waals surface area contributed by atoms with Crippen LogP contribution in [0.15, 0.2) is 54.6 Å². The monoisotopic (exact) mass is 347 g/mol. The smallest absolute Gasteiger partial charge is 0.303 e. The van der Waals surface area contributed by atoms with Crippen LogP contribution in [0.3, 0.4) is 0 Å². The van der Waals surface area contributed by atoms with Gasteiger partial charge in [0, 0.05) is 30.5 Å². The van der Waals surface area contributed by atoms with Gasteiger partial charge in [-0.15, -0.1) is 0 Å². The molecule has 26 heavy (non-hydrogen) atoms. The van der Waals surface area contributed by atoms with Gasteiger partial charge in [0.25, 0.3) is 0 Å².